The first-order valence-corrected chi connectivity index (χ1v) is 6.08. The van der Waals surface area contributed by atoms with Crippen LogP contribution in [0.3, 0.4) is 0 Å². The highest BCUT2D eigenvalue weighted by atomic mass is 79.9. The van der Waals surface area contributed by atoms with E-state index < -0.39 is 0 Å². The van der Waals surface area contributed by atoms with Gasteiger partial charge in [-0.15, -0.1) is 0 Å². The lowest BCUT2D eigenvalue weighted by Gasteiger charge is -2.05. The van der Waals surface area contributed by atoms with Crippen LogP contribution in [-0.4, -0.2) is 5.33 Å². The standard InChI is InChI=1S/C13H17Br/c1-10(2)13-6-4-12(5-7-13)8-11(3)9-14/h4-8,10H,9H2,1-3H3/b11-8+. The summed E-state index contributed by atoms with van der Waals surface area (Å²) in [4.78, 5) is 0. The summed E-state index contributed by atoms with van der Waals surface area (Å²) < 4.78 is 0. The third-order valence-electron chi connectivity index (χ3n) is 2.23. The number of rotatable bonds is 3. The second-order valence-electron chi connectivity index (χ2n) is 3.95. The van der Waals surface area contributed by atoms with E-state index in [1.165, 1.54) is 16.7 Å². The number of hydrogen-bond acceptors (Lipinski definition) is 0. The van der Waals surface area contributed by atoms with E-state index in [9.17, 15) is 0 Å². The number of benzene rings is 1. The molecule has 0 aliphatic rings. The van der Waals surface area contributed by atoms with Gasteiger partial charge in [0.1, 0.15) is 0 Å². The smallest absolute Gasteiger partial charge is 0.0242 e. The maximum atomic E-state index is 3.44. The van der Waals surface area contributed by atoms with Crippen molar-refractivity contribution in [2.24, 2.45) is 0 Å². The molecule has 0 aliphatic heterocycles. The molecule has 0 fully saturated rings. The van der Waals surface area contributed by atoms with Gasteiger partial charge in [0, 0.05) is 5.33 Å². The van der Waals surface area contributed by atoms with Gasteiger partial charge >= 0.3 is 0 Å². The van der Waals surface area contributed by atoms with Crippen LogP contribution in [0.5, 0.6) is 0 Å². The Morgan fingerprint density at radius 2 is 1.86 bits per heavy atom. The number of hydrogen-bond donors (Lipinski definition) is 0. The van der Waals surface area contributed by atoms with Crippen LogP contribution in [0, 0.1) is 0 Å². The first kappa shape index (κ1) is 11.5. The molecule has 14 heavy (non-hydrogen) atoms. The summed E-state index contributed by atoms with van der Waals surface area (Å²) in [7, 11) is 0. The highest BCUT2D eigenvalue weighted by Crippen LogP contribution is 2.16. The van der Waals surface area contributed by atoms with Gasteiger partial charge in [0.15, 0.2) is 0 Å². The zero-order chi connectivity index (χ0) is 10.6. The largest absolute Gasteiger partial charge is 0.0880 e. The third-order valence-corrected chi connectivity index (χ3v) is 3.11. The molecule has 76 valence electrons. The summed E-state index contributed by atoms with van der Waals surface area (Å²) in [6.45, 7) is 6.56. The first-order chi connectivity index (χ1) is 6.63. The van der Waals surface area contributed by atoms with E-state index in [0.29, 0.717) is 5.92 Å². The lowest BCUT2D eigenvalue weighted by Crippen LogP contribution is -1.86. The monoisotopic (exact) mass is 252 g/mol. The topological polar surface area (TPSA) is 0 Å². The van der Waals surface area contributed by atoms with Gasteiger partial charge in [0.05, 0.1) is 0 Å². The first-order valence-electron chi connectivity index (χ1n) is 4.96. The summed E-state index contributed by atoms with van der Waals surface area (Å²) in [6.07, 6.45) is 2.21. The van der Waals surface area contributed by atoms with E-state index in [2.05, 4.69) is 67.0 Å². The molecule has 0 spiro atoms. The minimum Gasteiger partial charge on any atom is -0.0880 e. The van der Waals surface area contributed by atoms with Gasteiger partial charge < -0.3 is 0 Å². The lowest BCUT2D eigenvalue weighted by molar-refractivity contribution is 0.866. The molecular weight excluding hydrogens is 236 g/mol. The molecule has 0 aliphatic carbocycles. The van der Waals surface area contributed by atoms with Crippen molar-refractivity contribution < 1.29 is 0 Å². The average molecular weight is 253 g/mol. The number of allylic oxidation sites excluding steroid dienone is 1. The molecule has 1 rings (SSSR count). The fourth-order valence-corrected chi connectivity index (χ4v) is 1.46. The minimum atomic E-state index is 0.616. The molecule has 0 saturated heterocycles. The van der Waals surface area contributed by atoms with Crippen molar-refractivity contribution in [1.29, 1.82) is 0 Å². The van der Waals surface area contributed by atoms with Crippen molar-refractivity contribution in [2.75, 3.05) is 5.33 Å². The van der Waals surface area contributed by atoms with Crippen LogP contribution < -0.4 is 0 Å². The van der Waals surface area contributed by atoms with Crippen LogP contribution >= 0.6 is 15.9 Å². The molecule has 0 nitrogen and oxygen atoms in total. The van der Waals surface area contributed by atoms with Crippen molar-refractivity contribution in [3.8, 4) is 0 Å². The lowest BCUT2D eigenvalue weighted by atomic mass is 10.0. The highest BCUT2D eigenvalue weighted by molar-refractivity contribution is 9.09. The zero-order valence-corrected chi connectivity index (χ0v) is 10.6. The van der Waals surface area contributed by atoms with Crippen LogP contribution in [-0.2, 0) is 0 Å². The van der Waals surface area contributed by atoms with E-state index in [1.54, 1.807) is 0 Å². The molecule has 0 radical (unpaired) electrons. The molecule has 0 saturated carbocycles. The van der Waals surface area contributed by atoms with Crippen LogP contribution in [0.4, 0.5) is 0 Å². The summed E-state index contributed by atoms with van der Waals surface area (Å²) in [5.41, 5.74) is 4.03. The number of halogens is 1. The highest BCUT2D eigenvalue weighted by Gasteiger charge is 1.97. The Kier molecular flexibility index (Phi) is 4.40. The van der Waals surface area contributed by atoms with Crippen molar-refractivity contribution in [3.63, 3.8) is 0 Å². The maximum absolute atomic E-state index is 3.44. The quantitative estimate of drug-likeness (QED) is 0.690. The molecule has 0 aromatic heterocycles. The Morgan fingerprint density at radius 3 is 2.29 bits per heavy atom. The Hall–Kier alpha value is -0.560. The Balaban J connectivity index is 2.84. The fourth-order valence-electron chi connectivity index (χ4n) is 1.30. The molecule has 1 aromatic carbocycles. The van der Waals surface area contributed by atoms with Crippen LogP contribution in [0.2, 0.25) is 0 Å². The van der Waals surface area contributed by atoms with E-state index in [0.717, 1.165) is 5.33 Å². The molecule has 0 bridgehead atoms. The molecular formula is C13H17Br. The number of alkyl halides is 1. The molecule has 0 atom stereocenters. The third kappa shape index (κ3) is 3.30. The molecule has 0 heterocycles. The zero-order valence-electron chi connectivity index (χ0n) is 9.05. The van der Waals surface area contributed by atoms with Gasteiger partial charge in [-0.2, -0.15) is 0 Å². The summed E-state index contributed by atoms with van der Waals surface area (Å²) in [5.74, 6) is 0.616. The van der Waals surface area contributed by atoms with Crippen molar-refractivity contribution >= 4 is 22.0 Å². The minimum absolute atomic E-state index is 0.616. The Bertz CT molecular complexity index is 307. The molecule has 1 heteroatoms. The predicted molar refractivity (Wildman–Crippen MR) is 68.0 cm³/mol. The molecule has 0 N–H and O–H groups in total. The molecule has 0 amide bonds. The Labute approximate surface area is 95.2 Å². The van der Waals surface area contributed by atoms with Crippen LogP contribution in [0.25, 0.3) is 6.08 Å². The van der Waals surface area contributed by atoms with Crippen molar-refractivity contribution in [2.45, 2.75) is 26.7 Å². The van der Waals surface area contributed by atoms with Gasteiger partial charge in [-0.25, -0.2) is 0 Å². The van der Waals surface area contributed by atoms with Crippen molar-refractivity contribution in [3.05, 3.63) is 41.0 Å². The molecule has 0 unspecified atom stereocenters. The van der Waals surface area contributed by atoms with E-state index in [-0.39, 0.29) is 0 Å². The summed E-state index contributed by atoms with van der Waals surface area (Å²) in [5, 5.41) is 0.943. The maximum Gasteiger partial charge on any atom is 0.0242 e. The second kappa shape index (κ2) is 5.35. The Morgan fingerprint density at radius 1 is 1.29 bits per heavy atom. The van der Waals surface area contributed by atoms with Gasteiger partial charge in [-0.3, -0.25) is 0 Å². The van der Waals surface area contributed by atoms with E-state index in [1.807, 2.05) is 0 Å². The normalized spacial score (nSPS) is 12.2. The van der Waals surface area contributed by atoms with Gasteiger partial charge in [-0.05, 0) is 24.0 Å². The van der Waals surface area contributed by atoms with Gasteiger partial charge in [0.25, 0.3) is 0 Å². The van der Waals surface area contributed by atoms with Gasteiger partial charge in [0.2, 0.25) is 0 Å². The van der Waals surface area contributed by atoms with Crippen LogP contribution in [0.1, 0.15) is 37.8 Å². The van der Waals surface area contributed by atoms with Crippen molar-refractivity contribution in [1.82, 2.24) is 0 Å². The SMILES string of the molecule is C/C(=C\c1ccc(C(C)C)cc1)CBr. The van der Waals surface area contributed by atoms with E-state index in [4.69, 9.17) is 0 Å². The molecule has 1 aromatic rings. The average Bonchev–Trinajstić information content (AvgIpc) is 2.18. The predicted octanol–water partition coefficient (Wildman–Crippen LogP) is 4.61. The summed E-state index contributed by atoms with van der Waals surface area (Å²) in [6, 6.07) is 8.78. The fraction of sp³-hybridized carbons (Fsp3) is 0.385. The van der Waals surface area contributed by atoms with Crippen LogP contribution in [0.15, 0.2) is 29.8 Å². The summed E-state index contributed by atoms with van der Waals surface area (Å²) >= 11 is 3.44. The van der Waals surface area contributed by atoms with Gasteiger partial charge in [-0.1, -0.05) is 65.7 Å². The second-order valence-corrected chi connectivity index (χ2v) is 4.51. The van der Waals surface area contributed by atoms with E-state index >= 15 is 0 Å².